The minimum atomic E-state index is -4.47. The lowest BCUT2D eigenvalue weighted by atomic mass is 9.97. The van der Waals surface area contributed by atoms with Gasteiger partial charge in [-0.3, -0.25) is 0 Å². The van der Waals surface area contributed by atoms with Gasteiger partial charge in [0.1, 0.15) is 17.8 Å². The van der Waals surface area contributed by atoms with Crippen molar-refractivity contribution < 1.29 is 13.2 Å². The standard InChI is InChI=1S/C22H15ClF3N7/c23-13-7-5-12(6-8-13)16-9-18(22(24,25)26)33-19(28-16)10-17(30-33)20-29-21-14-3-1-2-4-15(14)27-11-32(21)31-20/h1-8,10-11,16,18,28H,9H2. The summed E-state index contributed by atoms with van der Waals surface area (Å²) in [5.41, 5.74) is 2.26. The minimum Gasteiger partial charge on any atom is -0.363 e. The number of nitrogens with zero attached hydrogens (tertiary/aromatic N) is 6. The summed E-state index contributed by atoms with van der Waals surface area (Å²) in [6.45, 7) is 0. The molecular formula is C22H15ClF3N7. The summed E-state index contributed by atoms with van der Waals surface area (Å²) in [5.74, 6) is 0.473. The molecule has 4 heterocycles. The Hall–Kier alpha value is -3.66. The van der Waals surface area contributed by atoms with Gasteiger partial charge in [0.05, 0.1) is 11.6 Å². The zero-order valence-electron chi connectivity index (χ0n) is 16.8. The Labute approximate surface area is 189 Å². The molecule has 1 aliphatic rings. The quantitative estimate of drug-likeness (QED) is 0.372. The van der Waals surface area contributed by atoms with Crippen molar-refractivity contribution in [2.75, 3.05) is 5.32 Å². The Balaban J connectivity index is 1.44. The summed E-state index contributed by atoms with van der Waals surface area (Å²) in [7, 11) is 0. The smallest absolute Gasteiger partial charge is 0.363 e. The number of alkyl halides is 3. The summed E-state index contributed by atoms with van der Waals surface area (Å²) in [6, 6.07) is 13.4. The van der Waals surface area contributed by atoms with Crippen molar-refractivity contribution in [3.63, 3.8) is 0 Å². The van der Waals surface area contributed by atoms with E-state index in [0.717, 1.165) is 15.6 Å². The van der Waals surface area contributed by atoms with E-state index in [1.807, 2.05) is 24.3 Å². The Kier molecular flexibility index (Phi) is 4.34. The number of hydrogen-bond acceptors (Lipinski definition) is 5. The fourth-order valence-electron chi connectivity index (χ4n) is 4.18. The highest BCUT2D eigenvalue weighted by atomic mass is 35.5. The number of para-hydroxylation sites is 1. The third kappa shape index (κ3) is 3.37. The van der Waals surface area contributed by atoms with Crippen molar-refractivity contribution in [2.24, 2.45) is 0 Å². The highest BCUT2D eigenvalue weighted by Gasteiger charge is 2.46. The molecule has 1 N–H and O–H groups in total. The highest BCUT2D eigenvalue weighted by Crippen LogP contribution is 2.44. The molecule has 5 aromatic rings. The van der Waals surface area contributed by atoms with Gasteiger partial charge in [-0.05, 0) is 29.8 Å². The van der Waals surface area contributed by atoms with Crippen LogP contribution in [0.5, 0.6) is 0 Å². The van der Waals surface area contributed by atoms with Crippen molar-refractivity contribution in [3.05, 3.63) is 71.5 Å². The second-order valence-electron chi connectivity index (χ2n) is 7.87. The molecule has 0 amide bonds. The normalized spacial score (nSPS) is 18.4. The van der Waals surface area contributed by atoms with Crippen molar-refractivity contribution in [1.29, 1.82) is 0 Å². The maximum Gasteiger partial charge on any atom is 0.410 e. The average molecular weight is 470 g/mol. The molecule has 7 nitrogen and oxygen atoms in total. The summed E-state index contributed by atoms with van der Waals surface area (Å²) in [6.07, 6.45) is -3.15. The predicted octanol–water partition coefficient (Wildman–Crippen LogP) is 5.45. The van der Waals surface area contributed by atoms with Crippen LogP contribution in [0.25, 0.3) is 28.1 Å². The van der Waals surface area contributed by atoms with Crippen LogP contribution < -0.4 is 5.32 Å². The number of halogens is 4. The molecule has 0 spiro atoms. The summed E-state index contributed by atoms with van der Waals surface area (Å²) < 4.78 is 44.4. The predicted molar refractivity (Wildman–Crippen MR) is 117 cm³/mol. The fourth-order valence-corrected chi connectivity index (χ4v) is 4.31. The Morgan fingerprint density at radius 3 is 2.61 bits per heavy atom. The van der Waals surface area contributed by atoms with Crippen molar-refractivity contribution in [1.82, 2.24) is 29.4 Å². The van der Waals surface area contributed by atoms with Crippen LogP contribution in [0, 0.1) is 0 Å². The third-order valence-electron chi connectivity index (χ3n) is 5.77. The molecule has 0 saturated carbocycles. The first-order valence-electron chi connectivity index (χ1n) is 10.2. The summed E-state index contributed by atoms with van der Waals surface area (Å²) >= 11 is 5.94. The molecule has 1 aliphatic heterocycles. The van der Waals surface area contributed by atoms with E-state index in [9.17, 15) is 13.2 Å². The maximum atomic E-state index is 14.0. The van der Waals surface area contributed by atoms with E-state index in [1.165, 1.54) is 10.8 Å². The molecule has 2 unspecified atom stereocenters. The molecule has 0 fully saturated rings. The molecule has 166 valence electrons. The fraction of sp³-hybridized carbons (Fsp3) is 0.182. The van der Waals surface area contributed by atoms with Gasteiger partial charge >= 0.3 is 6.18 Å². The Morgan fingerprint density at radius 2 is 1.82 bits per heavy atom. The maximum absolute atomic E-state index is 14.0. The number of aromatic nitrogens is 6. The highest BCUT2D eigenvalue weighted by molar-refractivity contribution is 6.30. The molecule has 2 atom stereocenters. The van der Waals surface area contributed by atoms with Gasteiger partial charge in [-0.2, -0.15) is 18.3 Å². The Bertz CT molecular complexity index is 1490. The number of rotatable bonds is 2. The van der Waals surface area contributed by atoms with E-state index < -0.39 is 18.3 Å². The number of nitrogens with one attached hydrogen (secondary N) is 1. The van der Waals surface area contributed by atoms with E-state index in [-0.39, 0.29) is 23.8 Å². The number of anilines is 1. The molecule has 11 heteroatoms. The average Bonchev–Trinajstić information content (AvgIpc) is 3.42. The zero-order chi connectivity index (χ0) is 22.7. The third-order valence-corrected chi connectivity index (χ3v) is 6.03. The minimum absolute atomic E-state index is 0.202. The molecule has 0 bridgehead atoms. The van der Waals surface area contributed by atoms with Gasteiger partial charge in [-0.1, -0.05) is 35.9 Å². The van der Waals surface area contributed by atoms with Crippen molar-refractivity contribution >= 4 is 34.0 Å². The largest absolute Gasteiger partial charge is 0.410 e. The number of benzene rings is 2. The molecule has 0 saturated heterocycles. The van der Waals surface area contributed by atoms with Crippen LogP contribution in [-0.4, -0.2) is 35.5 Å². The van der Waals surface area contributed by atoms with E-state index in [2.05, 4.69) is 25.5 Å². The van der Waals surface area contributed by atoms with Crippen LogP contribution in [0.3, 0.4) is 0 Å². The second-order valence-corrected chi connectivity index (χ2v) is 8.30. The molecule has 33 heavy (non-hydrogen) atoms. The first-order chi connectivity index (χ1) is 15.9. The lowest BCUT2D eigenvalue weighted by molar-refractivity contribution is -0.173. The van der Waals surface area contributed by atoms with Crippen molar-refractivity contribution in [3.8, 4) is 11.5 Å². The summed E-state index contributed by atoms with van der Waals surface area (Å²) in [4.78, 5) is 8.88. The van der Waals surface area contributed by atoms with Gasteiger partial charge in [-0.25, -0.2) is 19.2 Å². The van der Waals surface area contributed by atoms with Gasteiger partial charge in [0, 0.05) is 22.9 Å². The lowest BCUT2D eigenvalue weighted by Crippen LogP contribution is -2.35. The lowest BCUT2D eigenvalue weighted by Gasteiger charge is -2.33. The molecule has 2 aromatic carbocycles. The molecule has 0 aliphatic carbocycles. The topological polar surface area (TPSA) is 72.9 Å². The van der Waals surface area contributed by atoms with Crippen LogP contribution in [0.2, 0.25) is 5.02 Å². The summed E-state index contributed by atoms with van der Waals surface area (Å²) in [5, 5.41) is 13.1. The monoisotopic (exact) mass is 469 g/mol. The molecule has 3 aromatic heterocycles. The van der Waals surface area contributed by atoms with E-state index >= 15 is 0 Å². The van der Waals surface area contributed by atoms with Gasteiger partial charge in [0.25, 0.3) is 0 Å². The molecule has 6 rings (SSSR count). The second kappa shape index (κ2) is 7.17. The van der Waals surface area contributed by atoms with E-state index in [0.29, 0.717) is 16.2 Å². The molecule has 0 radical (unpaired) electrons. The van der Waals surface area contributed by atoms with Crippen LogP contribution >= 0.6 is 11.6 Å². The first-order valence-corrected chi connectivity index (χ1v) is 10.5. The number of hydrogen-bond donors (Lipinski definition) is 1. The Morgan fingerprint density at radius 1 is 1.03 bits per heavy atom. The SMILES string of the molecule is FC(F)(F)C1CC(c2ccc(Cl)cc2)Nc2cc(-c3nc4c5ccccc5ncn4n3)nn21. The zero-order valence-corrected chi connectivity index (χ0v) is 17.6. The van der Waals surface area contributed by atoms with Crippen LogP contribution in [-0.2, 0) is 0 Å². The van der Waals surface area contributed by atoms with Gasteiger partial charge in [0.2, 0.25) is 5.82 Å². The van der Waals surface area contributed by atoms with E-state index in [1.54, 1.807) is 30.3 Å². The van der Waals surface area contributed by atoms with Gasteiger partial charge < -0.3 is 5.32 Å². The van der Waals surface area contributed by atoms with Gasteiger partial charge in [-0.15, -0.1) is 5.10 Å². The van der Waals surface area contributed by atoms with Gasteiger partial charge in [0.15, 0.2) is 11.7 Å². The van der Waals surface area contributed by atoms with Crippen LogP contribution in [0.4, 0.5) is 19.0 Å². The van der Waals surface area contributed by atoms with Crippen LogP contribution in [0.15, 0.2) is 60.9 Å². The molecular weight excluding hydrogens is 455 g/mol. The van der Waals surface area contributed by atoms with Crippen LogP contribution in [0.1, 0.15) is 24.1 Å². The van der Waals surface area contributed by atoms with Crippen molar-refractivity contribution in [2.45, 2.75) is 24.7 Å². The number of fused-ring (bicyclic) bond motifs is 4. The first kappa shape index (κ1) is 20.0. The van der Waals surface area contributed by atoms with E-state index in [4.69, 9.17) is 11.6 Å².